The second kappa shape index (κ2) is 39.7. The summed E-state index contributed by atoms with van der Waals surface area (Å²) in [6, 6.07) is -1.13. The highest BCUT2D eigenvalue weighted by atomic mass is 32.3. The molecule has 14 heteroatoms. The number of rotatable bonds is 43. The monoisotopic (exact) mass is 920 g/mol. The molecule has 1 fully saturated rings. The molecular weight excluding hydrogens is 827 g/mol. The van der Waals surface area contributed by atoms with Crippen molar-refractivity contribution in [2.45, 2.75) is 268 Å². The van der Waals surface area contributed by atoms with E-state index < -0.39 is 78.5 Å². The maximum Gasteiger partial charge on any atom is 0.397 e. The summed E-state index contributed by atoms with van der Waals surface area (Å²) in [6.45, 7) is 3.22. The van der Waals surface area contributed by atoms with Gasteiger partial charge < -0.3 is 40.3 Å². The van der Waals surface area contributed by atoms with E-state index in [4.69, 9.17) is 9.47 Å². The largest absolute Gasteiger partial charge is 0.397 e. The van der Waals surface area contributed by atoms with E-state index >= 15 is 0 Å². The quantitative estimate of drug-likeness (QED) is 0.0173. The first-order valence-electron chi connectivity index (χ1n) is 25.3. The molecule has 0 saturated carbocycles. The Morgan fingerprint density at radius 1 is 0.635 bits per heavy atom. The van der Waals surface area contributed by atoms with Gasteiger partial charge in [0.2, 0.25) is 5.91 Å². The Morgan fingerprint density at radius 2 is 1.06 bits per heavy atom. The van der Waals surface area contributed by atoms with Gasteiger partial charge in [0, 0.05) is 0 Å². The van der Waals surface area contributed by atoms with Crippen LogP contribution < -0.4 is 5.32 Å². The minimum absolute atomic E-state index is 0.241. The topological polar surface area (TPSA) is 212 Å². The number of hydrogen-bond acceptors (Lipinski definition) is 11. The van der Waals surface area contributed by atoms with Gasteiger partial charge in [-0.1, -0.05) is 212 Å². The fourth-order valence-electron chi connectivity index (χ4n) is 8.07. The smallest absolute Gasteiger partial charge is 0.394 e. The molecule has 0 aliphatic carbocycles. The summed E-state index contributed by atoms with van der Waals surface area (Å²) in [4.78, 5) is 13.1. The van der Waals surface area contributed by atoms with Crippen LogP contribution in [0.4, 0.5) is 0 Å². The lowest BCUT2D eigenvalue weighted by Gasteiger charge is -2.41. The van der Waals surface area contributed by atoms with E-state index in [9.17, 15) is 43.3 Å². The number of unbranched alkanes of at least 4 members (excludes halogenated alkanes) is 28. The molecule has 1 heterocycles. The fourth-order valence-corrected chi connectivity index (χ4v) is 8.57. The van der Waals surface area contributed by atoms with Gasteiger partial charge in [0.05, 0.1) is 25.4 Å². The third-order valence-electron chi connectivity index (χ3n) is 12.1. The molecule has 1 aliphatic heterocycles. The zero-order valence-corrected chi connectivity index (χ0v) is 40.3. The van der Waals surface area contributed by atoms with Crippen LogP contribution in [-0.4, -0.2) is 107 Å². The molecule has 1 rings (SSSR count). The lowest BCUT2D eigenvalue weighted by Crippen LogP contribution is -2.61. The Balaban J connectivity index is 2.53. The van der Waals surface area contributed by atoms with Gasteiger partial charge in [-0.05, 0) is 32.1 Å². The minimum Gasteiger partial charge on any atom is -0.394 e. The van der Waals surface area contributed by atoms with Crippen LogP contribution in [0.15, 0.2) is 24.3 Å². The van der Waals surface area contributed by atoms with Crippen molar-refractivity contribution in [1.82, 2.24) is 5.32 Å². The number of aliphatic hydroxyl groups is 5. The summed E-state index contributed by atoms with van der Waals surface area (Å²) in [5.41, 5.74) is 0. The number of allylic oxidation sites excluding steroid dienone is 3. The van der Waals surface area contributed by atoms with Crippen LogP contribution in [0.1, 0.15) is 219 Å². The van der Waals surface area contributed by atoms with E-state index in [2.05, 4.69) is 35.5 Å². The number of ether oxygens (including phenoxy) is 2. The normalized spacial score (nSPS) is 21.0. The van der Waals surface area contributed by atoms with E-state index in [1.54, 1.807) is 6.08 Å². The van der Waals surface area contributed by atoms with Crippen molar-refractivity contribution in [3.63, 3.8) is 0 Å². The first-order chi connectivity index (χ1) is 30.4. The molecule has 0 bridgehead atoms. The average molecular weight is 920 g/mol. The van der Waals surface area contributed by atoms with Gasteiger partial charge in [0.15, 0.2) is 6.29 Å². The second-order valence-corrected chi connectivity index (χ2v) is 18.9. The molecule has 1 aliphatic rings. The Morgan fingerprint density at radius 3 is 1.52 bits per heavy atom. The van der Waals surface area contributed by atoms with Crippen molar-refractivity contribution in [3.05, 3.63) is 24.3 Å². The molecule has 8 unspecified atom stereocenters. The Hall–Kier alpha value is -1.46. The zero-order valence-electron chi connectivity index (χ0n) is 39.5. The fraction of sp³-hybridized carbons (Fsp3) is 0.898. The SMILES string of the molecule is CCCCCCCCCCC/C=C/CC/C=C/C(O)C(COC1OC(CO)C(O)C(OS(=O)(=O)O)C1O)NC(=O)C(O)CCCCCCCCCCCCCCCCCCCCC. The number of aliphatic hydroxyl groups excluding tert-OH is 5. The summed E-state index contributed by atoms with van der Waals surface area (Å²) < 4.78 is 47.6. The molecule has 372 valence electrons. The predicted molar refractivity (Wildman–Crippen MR) is 251 cm³/mol. The molecule has 0 aromatic heterocycles. The van der Waals surface area contributed by atoms with E-state index in [-0.39, 0.29) is 6.42 Å². The van der Waals surface area contributed by atoms with E-state index in [1.807, 2.05) is 0 Å². The highest BCUT2D eigenvalue weighted by Crippen LogP contribution is 2.26. The first-order valence-corrected chi connectivity index (χ1v) is 26.7. The maximum atomic E-state index is 13.1. The van der Waals surface area contributed by atoms with Gasteiger partial charge in [0.1, 0.15) is 30.5 Å². The highest BCUT2D eigenvalue weighted by Gasteiger charge is 2.48. The van der Waals surface area contributed by atoms with E-state index in [1.165, 1.54) is 154 Å². The van der Waals surface area contributed by atoms with Crippen LogP contribution in [0.25, 0.3) is 0 Å². The molecule has 8 atom stereocenters. The van der Waals surface area contributed by atoms with Crippen molar-refractivity contribution in [3.8, 4) is 0 Å². The van der Waals surface area contributed by atoms with Crippen LogP contribution in [0.2, 0.25) is 0 Å². The zero-order chi connectivity index (χ0) is 46.4. The second-order valence-electron chi connectivity index (χ2n) is 17.9. The maximum absolute atomic E-state index is 13.1. The number of nitrogens with one attached hydrogen (secondary N) is 1. The lowest BCUT2D eigenvalue weighted by atomic mass is 9.99. The summed E-state index contributed by atoms with van der Waals surface area (Å²) in [5, 5.41) is 55.3. The number of amides is 1. The van der Waals surface area contributed by atoms with Crippen molar-refractivity contribution in [2.75, 3.05) is 13.2 Å². The van der Waals surface area contributed by atoms with E-state index in [0.29, 0.717) is 12.8 Å². The van der Waals surface area contributed by atoms with Crippen LogP contribution in [0.5, 0.6) is 0 Å². The number of carbonyl (C=O) groups is 1. The molecule has 0 spiro atoms. The van der Waals surface area contributed by atoms with Crippen LogP contribution in [-0.2, 0) is 28.9 Å². The van der Waals surface area contributed by atoms with Gasteiger partial charge in [-0.15, -0.1) is 0 Å². The summed E-state index contributed by atoms with van der Waals surface area (Å²) in [5.74, 6) is -0.709. The standard InChI is InChI=1S/C49H93NO12S/c1-3-5-7-9-11-13-15-17-19-20-21-22-24-26-28-30-32-34-36-38-43(53)48(56)50-41(40-60-49-46(55)47(62-63(57,58)59)45(54)44(39-51)61-49)42(52)37-35-33-31-29-27-25-23-18-16-14-12-10-8-6-4-2/h27,29,35,37,41-47,49,51-55H,3-26,28,30-34,36,38-40H2,1-2H3,(H,50,56)(H,57,58,59)/b29-27+,37-35+. The summed E-state index contributed by atoms with van der Waals surface area (Å²) in [7, 11) is -5.12. The van der Waals surface area contributed by atoms with Crippen LogP contribution in [0.3, 0.4) is 0 Å². The first kappa shape index (κ1) is 59.6. The van der Waals surface area contributed by atoms with Crippen molar-refractivity contribution in [1.29, 1.82) is 0 Å². The Kier molecular flexibility index (Phi) is 37.5. The predicted octanol–water partition coefficient (Wildman–Crippen LogP) is 9.47. The third-order valence-corrected chi connectivity index (χ3v) is 12.6. The van der Waals surface area contributed by atoms with Crippen molar-refractivity contribution >= 4 is 16.3 Å². The Labute approximate surface area is 383 Å². The molecule has 1 amide bonds. The molecule has 0 radical (unpaired) electrons. The molecular formula is C49H93NO12S. The average Bonchev–Trinajstić information content (AvgIpc) is 3.25. The summed E-state index contributed by atoms with van der Waals surface area (Å²) in [6.07, 6.45) is 34.0. The number of hydrogen-bond donors (Lipinski definition) is 7. The molecule has 0 aromatic carbocycles. The van der Waals surface area contributed by atoms with Gasteiger partial charge in [-0.3, -0.25) is 9.35 Å². The molecule has 13 nitrogen and oxygen atoms in total. The highest BCUT2D eigenvalue weighted by molar-refractivity contribution is 7.80. The third kappa shape index (κ3) is 32.0. The van der Waals surface area contributed by atoms with Gasteiger partial charge in [-0.2, -0.15) is 8.42 Å². The molecule has 1 saturated heterocycles. The minimum atomic E-state index is -5.12. The molecule has 0 aromatic rings. The van der Waals surface area contributed by atoms with Crippen LogP contribution >= 0.6 is 0 Å². The Bertz CT molecular complexity index is 1240. The number of carbonyl (C=O) groups excluding carboxylic acids is 1. The van der Waals surface area contributed by atoms with Gasteiger partial charge in [0.25, 0.3) is 0 Å². The molecule has 63 heavy (non-hydrogen) atoms. The van der Waals surface area contributed by atoms with Gasteiger partial charge in [-0.25, -0.2) is 4.18 Å². The van der Waals surface area contributed by atoms with Crippen molar-refractivity contribution < 1.29 is 57.0 Å². The molecule has 7 N–H and O–H groups in total. The van der Waals surface area contributed by atoms with E-state index in [0.717, 1.165) is 38.5 Å². The lowest BCUT2D eigenvalue weighted by molar-refractivity contribution is -0.298. The van der Waals surface area contributed by atoms with Gasteiger partial charge >= 0.3 is 10.4 Å². The summed E-state index contributed by atoms with van der Waals surface area (Å²) >= 11 is 0. The van der Waals surface area contributed by atoms with Crippen LogP contribution in [0, 0.1) is 0 Å². The van der Waals surface area contributed by atoms with Crippen molar-refractivity contribution in [2.24, 2.45) is 0 Å².